The molecule has 1 aromatic carbocycles. The number of ether oxygens (including phenoxy) is 1. The van der Waals surface area contributed by atoms with Crippen molar-refractivity contribution in [3.8, 4) is 5.75 Å². The largest absolute Gasteiger partial charge is 0.487 e. The zero-order chi connectivity index (χ0) is 12.4. The highest BCUT2D eigenvalue weighted by Crippen LogP contribution is 2.33. The molecule has 1 saturated heterocycles. The van der Waals surface area contributed by atoms with Crippen molar-refractivity contribution in [3.63, 3.8) is 0 Å². The molecule has 17 heavy (non-hydrogen) atoms. The molecule has 1 aliphatic heterocycles. The molecule has 1 fully saturated rings. The van der Waals surface area contributed by atoms with E-state index >= 15 is 0 Å². The highest BCUT2D eigenvalue weighted by molar-refractivity contribution is 7.83. The van der Waals surface area contributed by atoms with Gasteiger partial charge in [-0.1, -0.05) is 40.9 Å². The second kappa shape index (κ2) is 5.61. The maximum atomic E-state index is 6.05. The number of likely N-dealkylation sites (tertiary alicyclic amines) is 1. The van der Waals surface area contributed by atoms with Crippen molar-refractivity contribution < 1.29 is 4.74 Å². The lowest BCUT2D eigenvalue weighted by Crippen LogP contribution is -2.26. The minimum atomic E-state index is 0.0441. The lowest BCUT2D eigenvalue weighted by Gasteiger charge is -2.16. The fourth-order valence-corrected chi connectivity index (χ4v) is 2.39. The maximum absolute atomic E-state index is 6.05. The predicted octanol–water partition coefficient (Wildman–Crippen LogP) is 3.97. The average molecular weight is 311 g/mol. The van der Waals surface area contributed by atoms with E-state index in [1.165, 1.54) is 0 Å². The Labute approximate surface area is 120 Å². The third-order valence-corrected chi connectivity index (χ3v) is 3.90. The third-order valence-electron chi connectivity index (χ3n) is 2.60. The van der Waals surface area contributed by atoms with E-state index in [2.05, 4.69) is 0 Å². The summed E-state index contributed by atoms with van der Waals surface area (Å²) in [5, 5.41) is 0.938. The molecule has 92 valence electrons. The molecule has 0 bridgehead atoms. The SMILES string of the molecule is S=C(Cl)N1CCC(Oc2cccc(Cl)c2Cl)C1. The third kappa shape index (κ3) is 3.16. The van der Waals surface area contributed by atoms with Crippen molar-refractivity contribution >= 4 is 51.5 Å². The van der Waals surface area contributed by atoms with Gasteiger partial charge in [0.05, 0.1) is 11.6 Å². The number of halogens is 3. The molecule has 0 amide bonds. The molecule has 2 nitrogen and oxygen atoms in total. The molecule has 0 spiro atoms. The summed E-state index contributed by atoms with van der Waals surface area (Å²) in [6.45, 7) is 1.50. The van der Waals surface area contributed by atoms with E-state index in [1.54, 1.807) is 12.1 Å². The number of hydrogen-bond acceptors (Lipinski definition) is 2. The lowest BCUT2D eigenvalue weighted by molar-refractivity contribution is 0.215. The summed E-state index contributed by atoms with van der Waals surface area (Å²) < 4.78 is 6.17. The Hall–Kier alpha value is -0.220. The van der Waals surface area contributed by atoms with E-state index in [-0.39, 0.29) is 6.10 Å². The van der Waals surface area contributed by atoms with E-state index in [9.17, 15) is 0 Å². The number of benzene rings is 1. The average Bonchev–Trinajstić information content (AvgIpc) is 2.73. The summed E-state index contributed by atoms with van der Waals surface area (Å²) in [6, 6.07) is 5.34. The summed E-state index contributed by atoms with van der Waals surface area (Å²) >= 11 is 22.6. The van der Waals surface area contributed by atoms with Gasteiger partial charge in [-0.15, -0.1) is 0 Å². The normalized spacial score (nSPS) is 19.5. The van der Waals surface area contributed by atoms with E-state index in [4.69, 9.17) is 51.8 Å². The minimum Gasteiger partial charge on any atom is -0.487 e. The van der Waals surface area contributed by atoms with Crippen LogP contribution < -0.4 is 4.74 Å². The monoisotopic (exact) mass is 309 g/mol. The zero-order valence-electron chi connectivity index (χ0n) is 8.83. The fourth-order valence-electron chi connectivity index (χ4n) is 1.74. The van der Waals surface area contributed by atoms with Gasteiger partial charge in [0.15, 0.2) is 4.45 Å². The standard InChI is InChI=1S/C11H10Cl3NOS/c12-8-2-1-3-9(10(8)13)16-7-4-5-15(6-7)11(14)17/h1-3,7H,4-6H2. The summed E-state index contributed by atoms with van der Waals surface area (Å²) in [7, 11) is 0. The fraction of sp³-hybridized carbons (Fsp3) is 0.364. The van der Waals surface area contributed by atoms with Gasteiger partial charge in [0, 0.05) is 13.0 Å². The number of nitrogens with zero attached hydrogens (tertiary/aromatic N) is 1. The Morgan fingerprint density at radius 3 is 2.82 bits per heavy atom. The molecular weight excluding hydrogens is 301 g/mol. The van der Waals surface area contributed by atoms with Crippen molar-refractivity contribution in [2.45, 2.75) is 12.5 Å². The van der Waals surface area contributed by atoms with Crippen LogP contribution in [-0.4, -0.2) is 28.5 Å². The summed E-state index contributed by atoms with van der Waals surface area (Å²) in [6.07, 6.45) is 0.915. The van der Waals surface area contributed by atoms with Crippen LogP contribution in [0.25, 0.3) is 0 Å². The van der Waals surface area contributed by atoms with E-state index in [1.807, 2.05) is 11.0 Å². The molecule has 0 aromatic heterocycles. The zero-order valence-corrected chi connectivity index (χ0v) is 11.9. The number of thiocarbonyl (C=S) groups is 1. The van der Waals surface area contributed by atoms with E-state index in [0.717, 1.165) is 13.0 Å². The molecule has 0 saturated carbocycles. The summed E-state index contributed by atoms with van der Waals surface area (Å²) in [4.78, 5) is 1.90. The van der Waals surface area contributed by atoms with E-state index in [0.29, 0.717) is 26.8 Å². The van der Waals surface area contributed by atoms with Crippen molar-refractivity contribution in [2.75, 3.05) is 13.1 Å². The van der Waals surface area contributed by atoms with Gasteiger partial charge in [-0.2, -0.15) is 0 Å². The molecule has 1 aliphatic rings. The molecular formula is C11H10Cl3NOS. The number of hydrogen-bond donors (Lipinski definition) is 0. The Morgan fingerprint density at radius 2 is 2.18 bits per heavy atom. The lowest BCUT2D eigenvalue weighted by atomic mass is 10.3. The molecule has 2 rings (SSSR count). The van der Waals surface area contributed by atoms with Crippen LogP contribution in [0.1, 0.15) is 6.42 Å². The quantitative estimate of drug-likeness (QED) is 0.466. The second-order valence-electron chi connectivity index (χ2n) is 3.78. The van der Waals surface area contributed by atoms with Crippen LogP contribution in [0.15, 0.2) is 18.2 Å². The molecule has 0 N–H and O–H groups in total. The van der Waals surface area contributed by atoms with Crippen LogP contribution in [0.4, 0.5) is 0 Å². The van der Waals surface area contributed by atoms with Gasteiger partial charge in [0.25, 0.3) is 0 Å². The van der Waals surface area contributed by atoms with Crippen LogP contribution in [0.3, 0.4) is 0 Å². The van der Waals surface area contributed by atoms with Crippen LogP contribution in [0, 0.1) is 0 Å². The van der Waals surface area contributed by atoms with Crippen LogP contribution in [0.2, 0.25) is 10.0 Å². The highest BCUT2D eigenvalue weighted by atomic mass is 35.5. The van der Waals surface area contributed by atoms with Crippen LogP contribution in [0.5, 0.6) is 5.75 Å². The molecule has 6 heteroatoms. The highest BCUT2D eigenvalue weighted by Gasteiger charge is 2.25. The Bertz CT molecular complexity index is 441. The molecule has 0 aliphatic carbocycles. The van der Waals surface area contributed by atoms with Gasteiger partial charge >= 0.3 is 0 Å². The minimum absolute atomic E-state index is 0.0441. The first-order chi connectivity index (χ1) is 8.08. The summed E-state index contributed by atoms with van der Waals surface area (Å²) in [5.41, 5.74) is 0. The first-order valence-electron chi connectivity index (χ1n) is 5.13. The predicted molar refractivity (Wildman–Crippen MR) is 75.5 cm³/mol. The second-order valence-corrected chi connectivity index (χ2v) is 5.53. The molecule has 1 unspecified atom stereocenters. The number of rotatable bonds is 2. The van der Waals surface area contributed by atoms with Gasteiger partial charge in [0.1, 0.15) is 16.9 Å². The smallest absolute Gasteiger partial charge is 0.170 e. The molecule has 1 aromatic rings. The van der Waals surface area contributed by atoms with Crippen molar-refractivity contribution in [2.24, 2.45) is 0 Å². The van der Waals surface area contributed by atoms with Crippen molar-refractivity contribution in [1.29, 1.82) is 0 Å². The van der Waals surface area contributed by atoms with Crippen LogP contribution in [-0.2, 0) is 0 Å². The molecule has 1 heterocycles. The Balaban J connectivity index is 2.03. The van der Waals surface area contributed by atoms with Gasteiger partial charge in [-0.05, 0) is 24.4 Å². The van der Waals surface area contributed by atoms with Crippen LogP contribution >= 0.6 is 47.0 Å². The molecule has 0 radical (unpaired) electrons. The summed E-state index contributed by atoms with van der Waals surface area (Å²) in [5.74, 6) is 0.603. The van der Waals surface area contributed by atoms with Gasteiger partial charge < -0.3 is 9.64 Å². The van der Waals surface area contributed by atoms with Gasteiger partial charge in [-0.3, -0.25) is 0 Å². The Morgan fingerprint density at radius 1 is 1.41 bits per heavy atom. The first-order valence-corrected chi connectivity index (χ1v) is 6.67. The maximum Gasteiger partial charge on any atom is 0.170 e. The van der Waals surface area contributed by atoms with Crippen molar-refractivity contribution in [1.82, 2.24) is 4.90 Å². The molecule has 1 atom stereocenters. The van der Waals surface area contributed by atoms with Crippen molar-refractivity contribution in [3.05, 3.63) is 28.2 Å². The Kier molecular flexibility index (Phi) is 4.36. The van der Waals surface area contributed by atoms with Gasteiger partial charge in [-0.25, -0.2) is 0 Å². The topological polar surface area (TPSA) is 12.5 Å². The van der Waals surface area contributed by atoms with Gasteiger partial charge in [0.2, 0.25) is 0 Å². The van der Waals surface area contributed by atoms with E-state index < -0.39 is 0 Å². The first kappa shape index (κ1) is 13.2.